The van der Waals surface area contributed by atoms with Crippen LogP contribution in [0.2, 0.25) is 5.02 Å². The van der Waals surface area contributed by atoms with E-state index in [1.165, 1.54) is 23.1 Å². The van der Waals surface area contributed by atoms with Crippen LogP contribution in [0, 0.1) is 15.9 Å². The summed E-state index contributed by atoms with van der Waals surface area (Å²) in [5.74, 6) is -1.66. The molecule has 1 aromatic heterocycles. The number of benzene rings is 1. The monoisotopic (exact) mass is 338 g/mol. The highest BCUT2D eigenvalue weighted by molar-refractivity contribution is 6.31. The Bertz CT molecular complexity index is 752. The fraction of sp³-hybridized carbons (Fsp3) is 0.267. The first kappa shape index (κ1) is 15.5. The summed E-state index contributed by atoms with van der Waals surface area (Å²) in [6.45, 7) is -0.0104. The second-order valence-electron chi connectivity index (χ2n) is 5.26. The van der Waals surface area contributed by atoms with Gasteiger partial charge in [0.1, 0.15) is 10.7 Å². The van der Waals surface area contributed by atoms with E-state index in [9.17, 15) is 19.3 Å². The van der Waals surface area contributed by atoms with Crippen molar-refractivity contribution in [2.45, 2.75) is 25.4 Å². The molecule has 0 bridgehead atoms. The number of furan rings is 1. The van der Waals surface area contributed by atoms with E-state index in [0.717, 1.165) is 18.9 Å². The predicted octanol–water partition coefficient (Wildman–Crippen LogP) is 3.79. The van der Waals surface area contributed by atoms with Crippen molar-refractivity contribution >= 4 is 23.4 Å². The Morgan fingerprint density at radius 3 is 2.70 bits per heavy atom. The molecule has 1 saturated carbocycles. The highest BCUT2D eigenvalue weighted by Crippen LogP contribution is 2.32. The van der Waals surface area contributed by atoms with Crippen molar-refractivity contribution in [2.24, 2.45) is 0 Å². The molecule has 0 N–H and O–H groups in total. The van der Waals surface area contributed by atoms with Gasteiger partial charge in [-0.1, -0.05) is 17.7 Å². The van der Waals surface area contributed by atoms with E-state index in [-0.39, 0.29) is 28.9 Å². The summed E-state index contributed by atoms with van der Waals surface area (Å²) in [5.41, 5.74) is 0.218. The van der Waals surface area contributed by atoms with Gasteiger partial charge in [0, 0.05) is 16.6 Å². The van der Waals surface area contributed by atoms with Gasteiger partial charge in [-0.3, -0.25) is 14.9 Å². The van der Waals surface area contributed by atoms with Crippen LogP contribution >= 0.6 is 11.6 Å². The molecule has 1 aliphatic carbocycles. The average Bonchev–Trinajstić information content (AvgIpc) is 3.21. The molecule has 0 aliphatic heterocycles. The van der Waals surface area contributed by atoms with Gasteiger partial charge in [-0.15, -0.1) is 0 Å². The summed E-state index contributed by atoms with van der Waals surface area (Å²) in [4.78, 5) is 23.9. The molecule has 23 heavy (non-hydrogen) atoms. The zero-order valence-electron chi connectivity index (χ0n) is 11.9. The molecule has 0 spiro atoms. The third-order valence-corrected chi connectivity index (χ3v) is 3.98. The summed E-state index contributed by atoms with van der Waals surface area (Å²) in [6.07, 6.45) is 1.58. The second kappa shape index (κ2) is 6.00. The van der Waals surface area contributed by atoms with Gasteiger partial charge in [0.25, 0.3) is 5.91 Å². The van der Waals surface area contributed by atoms with Crippen LogP contribution in [-0.2, 0) is 6.54 Å². The third kappa shape index (κ3) is 3.19. The van der Waals surface area contributed by atoms with E-state index in [4.69, 9.17) is 16.0 Å². The number of carbonyl (C=O) groups excluding carboxylic acids is 1. The molecule has 0 atom stereocenters. The Morgan fingerprint density at radius 1 is 1.39 bits per heavy atom. The Labute approximate surface area is 135 Å². The Balaban J connectivity index is 1.86. The van der Waals surface area contributed by atoms with E-state index in [2.05, 4.69) is 0 Å². The molecule has 2 aromatic rings. The molecule has 6 nitrogen and oxygen atoms in total. The number of hydrogen-bond donors (Lipinski definition) is 0. The Morgan fingerprint density at radius 2 is 2.13 bits per heavy atom. The van der Waals surface area contributed by atoms with E-state index >= 15 is 0 Å². The van der Waals surface area contributed by atoms with Crippen LogP contribution in [0.5, 0.6) is 0 Å². The lowest BCUT2D eigenvalue weighted by Crippen LogP contribution is -2.32. The van der Waals surface area contributed by atoms with Gasteiger partial charge < -0.3 is 9.32 Å². The van der Waals surface area contributed by atoms with Crippen LogP contribution in [-0.4, -0.2) is 21.8 Å². The van der Waals surface area contributed by atoms with Gasteiger partial charge >= 0.3 is 5.88 Å². The molecule has 8 heteroatoms. The van der Waals surface area contributed by atoms with Crippen molar-refractivity contribution in [3.05, 3.63) is 62.6 Å². The van der Waals surface area contributed by atoms with Crippen LogP contribution < -0.4 is 0 Å². The van der Waals surface area contributed by atoms with E-state index in [1.807, 2.05) is 0 Å². The fourth-order valence-electron chi connectivity index (χ4n) is 2.29. The molecule has 0 unspecified atom stereocenters. The molecule has 0 radical (unpaired) electrons. The zero-order chi connectivity index (χ0) is 16.6. The highest BCUT2D eigenvalue weighted by atomic mass is 35.5. The van der Waals surface area contributed by atoms with Crippen LogP contribution in [0.25, 0.3) is 0 Å². The minimum Gasteiger partial charge on any atom is -0.395 e. The lowest BCUT2D eigenvalue weighted by atomic mass is 10.2. The molecular formula is C15H12ClFN2O4. The summed E-state index contributed by atoms with van der Waals surface area (Å²) < 4.78 is 18.9. The number of halogens is 2. The number of nitrogens with zero attached hydrogens (tertiary/aromatic N) is 2. The lowest BCUT2D eigenvalue weighted by molar-refractivity contribution is -0.402. The maximum absolute atomic E-state index is 13.9. The molecule has 1 aliphatic rings. The quantitative estimate of drug-likeness (QED) is 0.614. The van der Waals surface area contributed by atoms with Crippen molar-refractivity contribution < 1.29 is 18.5 Å². The predicted molar refractivity (Wildman–Crippen MR) is 79.7 cm³/mol. The third-order valence-electron chi connectivity index (χ3n) is 3.62. The molecule has 1 amide bonds. The van der Waals surface area contributed by atoms with Gasteiger partial charge in [-0.25, -0.2) is 4.39 Å². The maximum Gasteiger partial charge on any atom is 0.433 e. The van der Waals surface area contributed by atoms with Crippen molar-refractivity contribution in [1.29, 1.82) is 0 Å². The van der Waals surface area contributed by atoms with Crippen LogP contribution in [0.4, 0.5) is 10.3 Å². The Kier molecular flexibility index (Phi) is 4.04. The second-order valence-corrected chi connectivity index (χ2v) is 5.67. The summed E-state index contributed by atoms with van der Waals surface area (Å²) >= 11 is 6.00. The fourth-order valence-corrected chi connectivity index (χ4v) is 2.51. The maximum atomic E-state index is 13.9. The number of carbonyl (C=O) groups is 1. The van der Waals surface area contributed by atoms with Gasteiger partial charge in [-0.05, 0) is 31.0 Å². The van der Waals surface area contributed by atoms with Crippen LogP contribution in [0.15, 0.2) is 34.7 Å². The SMILES string of the molecule is O=C(c1ccc([N+](=O)[O-])o1)N(Cc1c(F)cccc1Cl)C1CC1. The van der Waals surface area contributed by atoms with Gasteiger partial charge in [0.05, 0.1) is 12.6 Å². The summed E-state index contributed by atoms with van der Waals surface area (Å²) in [7, 11) is 0. The highest BCUT2D eigenvalue weighted by Gasteiger charge is 2.35. The van der Waals surface area contributed by atoms with E-state index < -0.39 is 22.5 Å². The standard InChI is InChI=1S/C15H12ClFN2O4/c16-11-2-1-3-12(17)10(11)8-18(9-4-5-9)15(20)13-6-7-14(23-13)19(21)22/h1-3,6-7,9H,4-5,8H2. The smallest absolute Gasteiger partial charge is 0.395 e. The van der Waals surface area contributed by atoms with Crippen LogP contribution in [0.1, 0.15) is 29.0 Å². The largest absolute Gasteiger partial charge is 0.433 e. The lowest BCUT2D eigenvalue weighted by Gasteiger charge is -2.22. The molecule has 3 rings (SSSR count). The first-order chi connectivity index (χ1) is 11.0. The minimum absolute atomic E-state index is 0.0104. The van der Waals surface area contributed by atoms with Gasteiger partial charge in [-0.2, -0.15) is 0 Å². The number of hydrogen-bond acceptors (Lipinski definition) is 4. The first-order valence-corrected chi connectivity index (χ1v) is 7.33. The van der Waals surface area contributed by atoms with Crippen molar-refractivity contribution in [3.8, 4) is 0 Å². The van der Waals surface area contributed by atoms with E-state index in [1.54, 1.807) is 6.07 Å². The number of amides is 1. The van der Waals surface area contributed by atoms with Crippen molar-refractivity contribution in [2.75, 3.05) is 0 Å². The minimum atomic E-state index is -0.716. The number of nitro groups is 1. The first-order valence-electron chi connectivity index (χ1n) is 6.95. The van der Waals surface area contributed by atoms with Gasteiger partial charge in [0.15, 0.2) is 5.76 Å². The topological polar surface area (TPSA) is 76.6 Å². The number of rotatable bonds is 5. The molecule has 1 fully saturated rings. The van der Waals surface area contributed by atoms with Crippen molar-refractivity contribution in [1.82, 2.24) is 4.90 Å². The average molecular weight is 339 g/mol. The molecular weight excluding hydrogens is 327 g/mol. The normalized spacial score (nSPS) is 13.8. The van der Waals surface area contributed by atoms with Crippen molar-refractivity contribution in [3.63, 3.8) is 0 Å². The molecule has 1 aromatic carbocycles. The van der Waals surface area contributed by atoms with Gasteiger partial charge in [0.2, 0.25) is 0 Å². The molecule has 1 heterocycles. The summed E-state index contributed by atoms with van der Waals surface area (Å²) in [5, 5.41) is 10.9. The van der Waals surface area contributed by atoms with E-state index in [0.29, 0.717) is 0 Å². The van der Waals surface area contributed by atoms with Crippen LogP contribution in [0.3, 0.4) is 0 Å². The zero-order valence-corrected chi connectivity index (χ0v) is 12.6. The Hall–Kier alpha value is -2.41. The summed E-state index contributed by atoms with van der Waals surface area (Å²) in [6, 6.07) is 6.64. The molecule has 0 saturated heterocycles. The molecule has 120 valence electrons.